The van der Waals surface area contributed by atoms with Crippen molar-refractivity contribution in [2.75, 3.05) is 42.9 Å². The number of carbonyl (C=O) groups is 1. The lowest BCUT2D eigenvalue weighted by atomic mass is 10.1. The largest absolute Gasteiger partial charge is 0.384 e. The molecule has 0 radical (unpaired) electrons. The number of hydrogen-bond acceptors (Lipinski definition) is 4. The Morgan fingerprint density at radius 1 is 1.04 bits per heavy atom. The monoisotopic (exact) mass is 380 g/mol. The molecule has 134 valence electrons. The van der Waals surface area contributed by atoms with Gasteiger partial charge in [0.2, 0.25) is 0 Å². The first kappa shape index (κ1) is 19.3. The molecule has 0 atom stereocenters. The highest BCUT2D eigenvalue weighted by molar-refractivity contribution is 5.95. The zero-order valence-electron chi connectivity index (χ0n) is 13.9. The summed E-state index contributed by atoms with van der Waals surface area (Å²) in [6.45, 7) is 4.11. The van der Waals surface area contributed by atoms with Gasteiger partial charge in [0, 0.05) is 50.2 Å². The number of halogens is 2. The number of amides is 1. The minimum atomic E-state index is 0. The van der Waals surface area contributed by atoms with Crippen LogP contribution in [0.3, 0.4) is 0 Å². The van der Waals surface area contributed by atoms with Gasteiger partial charge in [0.1, 0.15) is 5.82 Å². The highest BCUT2D eigenvalue weighted by Gasteiger charge is 2.23. The topological polar surface area (TPSA) is 48.5 Å². The molecule has 1 N–H and O–H groups in total. The molecule has 25 heavy (non-hydrogen) atoms. The number of carbonyl (C=O) groups excluding carboxylic acids is 1. The third-order valence-electron chi connectivity index (χ3n) is 4.60. The third kappa shape index (κ3) is 3.99. The first-order valence-corrected chi connectivity index (χ1v) is 8.13. The molecule has 2 aromatic rings. The van der Waals surface area contributed by atoms with E-state index in [2.05, 4.69) is 15.2 Å². The minimum absolute atomic E-state index is 0. The third-order valence-corrected chi connectivity index (χ3v) is 4.60. The summed E-state index contributed by atoms with van der Waals surface area (Å²) in [5.74, 6) is 1.13. The Balaban J connectivity index is 0.00000113. The van der Waals surface area contributed by atoms with Crippen molar-refractivity contribution < 1.29 is 4.79 Å². The Morgan fingerprint density at radius 2 is 1.84 bits per heavy atom. The smallest absolute Gasteiger partial charge is 0.253 e. The van der Waals surface area contributed by atoms with Crippen molar-refractivity contribution in [1.29, 1.82) is 0 Å². The summed E-state index contributed by atoms with van der Waals surface area (Å²) >= 11 is 0. The van der Waals surface area contributed by atoms with Crippen LogP contribution in [0.25, 0.3) is 0 Å². The number of nitrogens with zero attached hydrogens (tertiary/aromatic N) is 3. The summed E-state index contributed by atoms with van der Waals surface area (Å²) in [5.41, 5.74) is 3.23. The van der Waals surface area contributed by atoms with Crippen LogP contribution in [0.4, 0.5) is 11.5 Å². The average molecular weight is 381 g/mol. The number of benzene rings is 1. The van der Waals surface area contributed by atoms with Gasteiger partial charge in [-0.15, -0.1) is 24.8 Å². The molecule has 1 amide bonds. The van der Waals surface area contributed by atoms with E-state index in [0.717, 1.165) is 50.5 Å². The van der Waals surface area contributed by atoms with Gasteiger partial charge in [-0.1, -0.05) is 6.07 Å². The molecule has 3 heterocycles. The Bertz CT molecular complexity index is 718. The van der Waals surface area contributed by atoms with Crippen molar-refractivity contribution in [1.82, 2.24) is 9.88 Å². The molecule has 2 aliphatic rings. The van der Waals surface area contributed by atoms with Gasteiger partial charge in [-0.25, -0.2) is 4.98 Å². The fourth-order valence-electron chi connectivity index (χ4n) is 3.30. The molecule has 0 spiro atoms. The van der Waals surface area contributed by atoms with Crippen LogP contribution in [0.15, 0.2) is 42.6 Å². The van der Waals surface area contributed by atoms with Gasteiger partial charge in [-0.2, -0.15) is 0 Å². The molecule has 7 heteroatoms. The number of rotatable bonds is 2. The van der Waals surface area contributed by atoms with Gasteiger partial charge in [0.25, 0.3) is 5.91 Å². The Labute approximate surface area is 160 Å². The molecule has 0 saturated carbocycles. The van der Waals surface area contributed by atoms with E-state index in [1.165, 1.54) is 11.3 Å². The lowest BCUT2D eigenvalue weighted by Crippen LogP contribution is -2.49. The van der Waals surface area contributed by atoms with Crippen molar-refractivity contribution >= 4 is 42.2 Å². The Morgan fingerprint density at radius 3 is 2.56 bits per heavy atom. The number of nitrogens with one attached hydrogen (secondary N) is 1. The molecular weight excluding hydrogens is 359 g/mol. The van der Waals surface area contributed by atoms with E-state index in [1.54, 1.807) is 0 Å². The van der Waals surface area contributed by atoms with E-state index in [4.69, 9.17) is 0 Å². The van der Waals surface area contributed by atoms with Gasteiger partial charge in [-0.05, 0) is 42.3 Å². The summed E-state index contributed by atoms with van der Waals surface area (Å²) in [4.78, 5) is 21.3. The first-order chi connectivity index (χ1) is 11.3. The SMILES string of the molecule is Cl.Cl.O=C(c1ccc2c(c1)CCN2)N1CCN(c2ccccn2)CC1. The van der Waals surface area contributed by atoms with Gasteiger partial charge in [0.05, 0.1) is 0 Å². The number of aromatic nitrogens is 1. The fraction of sp³-hybridized carbons (Fsp3) is 0.333. The minimum Gasteiger partial charge on any atom is -0.384 e. The number of hydrogen-bond donors (Lipinski definition) is 1. The molecule has 1 saturated heterocycles. The molecule has 1 aromatic heterocycles. The molecular formula is C18H22Cl2N4O. The predicted molar refractivity (Wildman–Crippen MR) is 105 cm³/mol. The maximum atomic E-state index is 12.7. The first-order valence-electron chi connectivity index (χ1n) is 8.13. The number of pyridine rings is 1. The second-order valence-corrected chi connectivity index (χ2v) is 6.02. The van der Waals surface area contributed by atoms with E-state index < -0.39 is 0 Å². The van der Waals surface area contributed by atoms with Crippen LogP contribution in [-0.4, -0.2) is 48.5 Å². The van der Waals surface area contributed by atoms with Crippen LogP contribution in [0.5, 0.6) is 0 Å². The van der Waals surface area contributed by atoms with E-state index in [1.807, 2.05) is 47.5 Å². The van der Waals surface area contributed by atoms with Crippen molar-refractivity contribution in [2.45, 2.75) is 6.42 Å². The number of piperazine rings is 1. The van der Waals surface area contributed by atoms with Crippen molar-refractivity contribution in [3.8, 4) is 0 Å². The maximum absolute atomic E-state index is 12.7. The maximum Gasteiger partial charge on any atom is 0.253 e. The van der Waals surface area contributed by atoms with Crippen LogP contribution >= 0.6 is 24.8 Å². The normalized spacial score (nSPS) is 15.5. The zero-order chi connectivity index (χ0) is 15.6. The molecule has 5 nitrogen and oxygen atoms in total. The Hall–Kier alpha value is -1.98. The summed E-state index contributed by atoms with van der Waals surface area (Å²) in [6, 6.07) is 11.9. The van der Waals surface area contributed by atoms with E-state index in [0.29, 0.717) is 0 Å². The van der Waals surface area contributed by atoms with E-state index in [9.17, 15) is 4.79 Å². The molecule has 2 aliphatic heterocycles. The zero-order valence-corrected chi connectivity index (χ0v) is 15.5. The van der Waals surface area contributed by atoms with Gasteiger partial charge < -0.3 is 15.1 Å². The fourth-order valence-corrected chi connectivity index (χ4v) is 3.30. The van der Waals surface area contributed by atoms with E-state index in [-0.39, 0.29) is 30.7 Å². The van der Waals surface area contributed by atoms with Gasteiger partial charge >= 0.3 is 0 Å². The quantitative estimate of drug-likeness (QED) is 0.869. The standard InChI is InChI=1S/C18H20N4O.2ClH/c23-18(15-4-5-16-14(13-15)6-8-19-16)22-11-9-21(10-12-22)17-3-1-2-7-20-17;;/h1-5,7,13,19H,6,8-12H2;2*1H. The summed E-state index contributed by atoms with van der Waals surface area (Å²) in [5, 5.41) is 3.33. The molecule has 1 fully saturated rings. The molecule has 0 bridgehead atoms. The van der Waals surface area contributed by atoms with Crippen LogP contribution in [-0.2, 0) is 6.42 Å². The van der Waals surface area contributed by atoms with E-state index >= 15 is 0 Å². The van der Waals surface area contributed by atoms with Gasteiger partial charge in [-0.3, -0.25) is 4.79 Å². The lowest BCUT2D eigenvalue weighted by Gasteiger charge is -2.35. The van der Waals surface area contributed by atoms with Crippen molar-refractivity contribution in [3.05, 3.63) is 53.7 Å². The van der Waals surface area contributed by atoms with Crippen LogP contribution in [0.2, 0.25) is 0 Å². The molecule has 1 aromatic carbocycles. The summed E-state index contributed by atoms with van der Waals surface area (Å²) in [6.07, 6.45) is 2.81. The lowest BCUT2D eigenvalue weighted by molar-refractivity contribution is 0.0746. The predicted octanol–water partition coefficient (Wildman–Crippen LogP) is 2.86. The Kier molecular flexibility index (Phi) is 6.51. The molecule has 4 rings (SSSR count). The van der Waals surface area contributed by atoms with Crippen molar-refractivity contribution in [3.63, 3.8) is 0 Å². The highest BCUT2D eigenvalue weighted by atomic mass is 35.5. The second-order valence-electron chi connectivity index (χ2n) is 6.02. The van der Waals surface area contributed by atoms with Crippen LogP contribution in [0, 0.1) is 0 Å². The second kappa shape index (κ2) is 8.41. The van der Waals surface area contributed by atoms with Crippen molar-refractivity contribution in [2.24, 2.45) is 0 Å². The average Bonchev–Trinajstić information content (AvgIpc) is 3.10. The number of anilines is 2. The summed E-state index contributed by atoms with van der Waals surface area (Å²) < 4.78 is 0. The highest BCUT2D eigenvalue weighted by Crippen LogP contribution is 2.24. The number of fused-ring (bicyclic) bond motifs is 1. The van der Waals surface area contributed by atoms with Gasteiger partial charge in [0.15, 0.2) is 0 Å². The molecule has 0 unspecified atom stereocenters. The van der Waals surface area contributed by atoms with Crippen LogP contribution < -0.4 is 10.2 Å². The summed E-state index contributed by atoms with van der Waals surface area (Å²) in [7, 11) is 0. The molecule has 0 aliphatic carbocycles. The van der Waals surface area contributed by atoms with Crippen LogP contribution in [0.1, 0.15) is 15.9 Å².